The van der Waals surface area contributed by atoms with Crippen LogP contribution in [0.2, 0.25) is 5.02 Å². The number of hydrogen-bond donors (Lipinski definition) is 5. The Morgan fingerprint density at radius 1 is 1.06 bits per heavy atom. The van der Waals surface area contributed by atoms with Crippen molar-refractivity contribution in [3.05, 3.63) is 59.1 Å². The Morgan fingerprint density at radius 3 is 2.55 bits per heavy atom. The molecule has 2 aromatic rings. The lowest BCUT2D eigenvalue weighted by atomic mass is 9.97. The summed E-state index contributed by atoms with van der Waals surface area (Å²) in [6, 6.07) is 7.84. The van der Waals surface area contributed by atoms with Crippen LogP contribution in [-0.2, 0) is 4.74 Å². The van der Waals surface area contributed by atoms with Gasteiger partial charge in [0.2, 0.25) is 0 Å². The second-order valence-corrected chi connectivity index (χ2v) is 8.00. The smallest absolute Gasteiger partial charge is 0.319 e. The number of carbonyl (C=O) groups is 2. The van der Waals surface area contributed by atoms with E-state index < -0.39 is 29.8 Å². The number of halogens is 3. The largest absolute Gasteiger partial charge is 0.394 e. The first-order chi connectivity index (χ1) is 15.8. The molecular formula is C22H25ClF2N4O4. The third-order valence-corrected chi connectivity index (χ3v) is 5.39. The first kappa shape index (κ1) is 24.7. The average molecular weight is 483 g/mol. The van der Waals surface area contributed by atoms with Crippen molar-refractivity contribution >= 4 is 35.0 Å². The van der Waals surface area contributed by atoms with Gasteiger partial charge in [-0.2, -0.15) is 0 Å². The normalized spacial score (nSPS) is 20.1. The standard InChI is InChI=1S/C22H25ClF2N4O4/c23-13-1-4-15(5-2-13)27-21(31)26-10-9-16-6-8-18(20(12-30)33-16)28-22(32)29-19-11-14(24)3-7-17(19)25/h1-5,7,11,16,18,20,30H,6,8-10,12H2,(H2,26,27,31)(H2,28,29,32)/t16-,18+,20+/m1/s1. The number of nitrogens with one attached hydrogen (secondary N) is 4. The number of benzene rings is 2. The minimum Gasteiger partial charge on any atom is -0.394 e. The summed E-state index contributed by atoms with van der Waals surface area (Å²) in [5, 5.41) is 20.5. The molecule has 3 rings (SSSR count). The molecule has 1 saturated heterocycles. The number of aliphatic hydroxyl groups excluding tert-OH is 1. The van der Waals surface area contributed by atoms with Crippen molar-refractivity contribution in [2.75, 3.05) is 23.8 Å². The maximum atomic E-state index is 13.7. The van der Waals surface area contributed by atoms with Crippen molar-refractivity contribution in [3.63, 3.8) is 0 Å². The van der Waals surface area contributed by atoms with Gasteiger partial charge in [0, 0.05) is 23.3 Å². The number of ether oxygens (including phenoxy) is 1. The van der Waals surface area contributed by atoms with Gasteiger partial charge in [0.1, 0.15) is 17.7 Å². The maximum absolute atomic E-state index is 13.7. The molecule has 0 aliphatic carbocycles. The Hall–Kier alpha value is -2.95. The van der Waals surface area contributed by atoms with Gasteiger partial charge in [0.05, 0.1) is 24.4 Å². The van der Waals surface area contributed by atoms with Crippen molar-refractivity contribution in [2.45, 2.75) is 37.5 Å². The summed E-state index contributed by atoms with van der Waals surface area (Å²) in [6.07, 6.45) is 0.703. The van der Waals surface area contributed by atoms with Crippen LogP contribution in [0.4, 0.5) is 29.7 Å². The van der Waals surface area contributed by atoms with Crippen LogP contribution in [0.15, 0.2) is 42.5 Å². The van der Waals surface area contributed by atoms with Gasteiger partial charge in [-0.1, -0.05) is 11.6 Å². The van der Waals surface area contributed by atoms with Gasteiger partial charge in [-0.25, -0.2) is 18.4 Å². The van der Waals surface area contributed by atoms with Crippen molar-refractivity contribution < 1.29 is 28.2 Å². The maximum Gasteiger partial charge on any atom is 0.319 e. The van der Waals surface area contributed by atoms with Crippen LogP contribution < -0.4 is 21.3 Å². The highest BCUT2D eigenvalue weighted by molar-refractivity contribution is 6.30. The number of amides is 4. The number of rotatable bonds is 7. The molecule has 0 bridgehead atoms. The lowest BCUT2D eigenvalue weighted by Crippen LogP contribution is -2.52. The van der Waals surface area contributed by atoms with Crippen LogP contribution in [0.3, 0.4) is 0 Å². The summed E-state index contributed by atoms with van der Waals surface area (Å²) in [4.78, 5) is 24.2. The average Bonchev–Trinajstić information content (AvgIpc) is 2.78. The second kappa shape index (κ2) is 11.8. The summed E-state index contributed by atoms with van der Waals surface area (Å²) in [5.41, 5.74) is 0.321. The van der Waals surface area contributed by atoms with Gasteiger partial charge >= 0.3 is 12.1 Å². The predicted octanol–water partition coefficient (Wildman–Crippen LogP) is 3.86. The fourth-order valence-electron chi connectivity index (χ4n) is 3.48. The minimum atomic E-state index is -0.766. The minimum absolute atomic E-state index is 0.222. The number of urea groups is 2. The van der Waals surface area contributed by atoms with E-state index in [9.17, 15) is 23.5 Å². The van der Waals surface area contributed by atoms with Crippen LogP contribution in [0.25, 0.3) is 0 Å². The molecule has 3 atom stereocenters. The number of carbonyl (C=O) groups excluding carboxylic acids is 2. The van der Waals surface area contributed by atoms with E-state index in [0.717, 1.165) is 18.2 Å². The van der Waals surface area contributed by atoms with E-state index >= 15 is 0 Å². The molecule has 0 aromatic heterocycles. The zero-order chi connectivity index (χ0) is 23.8. The number of hydrogen-bond acceptors (Lipinski definition) is 4. The molecule has 0 radical (unpaired) electrons. The van der Waals surface area contributed by atoms with Crippen LogP contribution in [0.1, 0.15) is 19.3 Å². The fraction of sp³-hybridized carbons (Fsp3) is 0.364. The molecule has 0 spiro atoms. The number of aliphatic hydroxyl groups is 1. The molecule has 0 saturated carbocycles. The molecule has 1 heterocycles. The van der Waals surface area contributed by atoms with Crippen molar-refractivity contribution in [3.8, 4) is 0 Å². The van der Waals surface area contributed by atoms with E-state index in [4.69, 9.17) is 16.3 Å². The molecule has 33 heavy (non-hydrogen) atoms. The lowest BCUT2D eigenvalue weighted by molar-refractivity contribution is -0.0885. The highest BCUT2D eigenvalue weighted by Crippen LogP contribution is 2.22. The second-order valence-electron chi connectivity index (χ2n) is 7.56. The highest BCUT2D eigenvalue weighted by atomic mass is 35.5. The van der Waals surface area contributed by atoms with Crippen molar-refractivity contribution in [1.82, 2.24) is 10.6 Å². The van der Waals surface area contributed by atoms with Crippen LogP contribution >= 0.6 is 11.6 Å². The highest BCUT2D eigenvalue weighted by Gasteiger charge is 2.32. The van der Waals surface area contributed by atoms with E-state index in [1.807, 2.05) is 0 Å². The third kappa shape index (κ3) is 7.55. The molecule has 5 N–H and O–H groups in total. The summed E-state index contributed by atoms with van der Waals surface area (Å²) in [6.45, 7) is 0.0138. The van der Waals surface area contributed by atoms with E-state index in [1.165, 1.54) is 0 Å². The monoisotopic (exact) mass is 482 g/mol. The van der Waals surface area contributed by atoms with Gasteiger partial charge in [-0.15, -0.1) is 0 Å². The quantitative estimate of drug-likeness (QED) is 0.412. The van der Waals surface area contributed by atoms with Crippen LogP contribution in [0, 0.1) is 11.6 Å². The summed E-state index contributed by atoms with van der Waals surface area (Å²) in [7, 11) is 0. The molecular weight excluding hydrogens is 458 g/mol. The zero-order valence-corrected chi connectivity index (χ0v) is 18.4. The molecule has 8 nitrogen and oxygen atoms in total. The summed E-state index contributed by atoms with van der Waals surface area (Å²) < 4.78 is 32.8. The van der Waals surface area contributed by atoms with E-state index in [1.54, 1.807) is 24.3 Å². The molecule has 4 amide bonds. The van der Waals surface area contributed by atoms with Crippen molar-refractivity contribution in [1.29, 1.82) is 0 Å². The molecule has 11 heteroatoms. The van der Waals surface area contributed by atoms with E-state index in [0.29, 0.717) is 36.5 Å². The van der Waals surface area contributed by atoms with Crippen molar-refractivity contribution in [2.24, 2.45) is 0 Å². The first-order valence-corrected chi connectivity index (χ1v) is 10.8. The van der Waals surface area contributed by atoms with Gasteiger partial charge in [0.25, 0.3) is 0 Å². The van der Waals surface area contributed by atoms with Gasteiger partial charge in [-0.3, -0.25) is 0 Å². The van der Waals surface area contributed by atoms with Gasteiger partial charge in [-0.05, 0) is 55.7 Å². The van der Waals surface area contributed by atoms with Crippen LogP contribution in [-0.4, -0.2) is 48.6 Å². The first-order valence-electron chi connectivity index (χ1n) is 10.4. The fourth-order valence-corrected chi connectivity index (χ4v) is 3.61. The molecule has 178 valence electrons. The summed E-state index contributed by atoms with van der Waals surface area (Å²) >= 11 is 5.81. The van der Waals surface area contributed by atoms with Crippen LogP contribution in [0.5, 0.6) is 0 Å². The third-order valence-electron chi connectivity index (χ3n) is 5.14. The molecule has 1 aliphatic heterocycles. The van der Waals surface area contributed by atoms with E-state index in [2.05, 4.69) is 21.3 Å². The SMILES string of the molecule is O=C(NCC[C@H]1CC[C@H](NC(=O)Nc2cc(F)ccc2F)[C@H](CO)O1)Nc1ccc(Cl)cc1. The zero-order valence-electron chi connectivity index (χ0n) is 17.6. The molecule has 1 fully saturated rings. The summed E-state index contributed by atoms with van der Waals surface area (Å²) in [5.74, 6) is -1.45. The Kier molecular flexibility index (Phi) is 8.81. The Balaban J connectivity index is 1.41. The Bertz CT molecular complexity index is 964. The molecule has 0 unspecified atom stereocenters. The van der Waals surface area contributed by atoms with Gasteiger partial charge < -0.3 is 31.1 Å². The molecule has 1 aliphatic rings. The lowest BCUT2D eigenvalue weighted by Gasteiger charge is -2.36. The number of anilines is 2. The molecule has 2 aromatic carbocycles. The Morgan fingerprint density at radius 2 is 1.82 bits per heavy atom. The Labute approximate surface area is 194 Å². The van der Waals surface area contributed by atoms with E-state index in [-0.39, 0.29) is 24.4 Å². The van der Waals surface area contributed by atoms with Gasteiger partial charge in [0.15, 0.2) is 0 Å². The topological polar surface area (TPSA) is 112 Å². The predicted molar refractivity (Wildman–Crippen MR) is 120 cm³/mol.